The fraction of sp³-hybridized carbons (Fsp3) is 0.682. The third kappa shape index (κ3) is 6.99. The molecule has 1 saturated carbocycles. The van der Waals surface area contributed by atoms with Gasteiger partial charge in [0.1, 0.15) is 0 Å². The van der Waals surface area contributed by atoms with E-state index in [1.54, 1.807) is 21.3 Å². The van der Waals surface area contributed by atoms with Crippen molar-refractivity contribution in [2.75, 3.05) is 48.0 Å². The van der Waals surface area contributed by atoms with Gasteiger partial charge in [-0.2, -0.15) is 0 Å². The third-order valence-corrected chi connectivity index (χ3v) is 5.44. The lowest BCUT2D eigenvalue weighted by atomic mass is 9.94. The van der Waals surface area contributed by atoms with Crippen LogP contribution in [0, 0.1) is 0 Å². The summed E-state index contributed by atoms with van der Waals surface area (Å²) in [6.07, 6.45) is 6.76. The summed E-state index contributed by atoms with van der Waals surface area (Å²) < 4.78 is 16.3. The maximum atomic E-state index is 5.43. The van der Waals surface area contributed by atoms with Crippen LogP contribution in [0.2, 0.25) is 0 Å². The average Bonchev–Trinajstić information content (AvgIpc) is 2.77. The first kappa shape index (κ1) is 23.1. The lowest BCUT2D eigenvalue weighted by molar-refractivity contribution is 0.194. The Morgan fingerprint density at radius 2 is 1.69 bits per heavy atom. The van der Waals surface area contributed by atoms with Gasteiger partial charge in [0.15, 0.2) is 17.5 Å². The molecule has 0 aromatic heterocycles. The van der Waals surface area contributed by atoms with Crippen molar-refractivity contribution in [3.63, 3.8) is 0 Å². The van der Waals surface area contributed by atoms with Crippen LogP contribution in [-0.4, -0.2) is 64.9 Å². The Morgan fingerprint density at radius 1 is 1.03 bits per heavy atom. The van der Waals surface area contributed by atoms with Gasteiger partial charge >= 0.3 is 0 Å². The highest BCUT2D eigenvalue weighted by Gasteiger charge is 2.17. The predicted molar refractivity (Wildman–Crippen MR) is 118 cm³/mol. The predicted octanol–water partition coefficient (Wildman–Crippen LogP) is 3.03. The standard InChI is InChI=1S/C22H38N4O3/c1-6-23-22(24-12-13-26(2)18-10-8-7-9-11-18)25-16-17-14-19(27-3)21(29-5)20(15-17)28-4/h14-15,18H,6-13,16H2,1-5H3,(H2,23,24,25). The highest BCUT2D eigenvalue weighted by Crippen LogP contribution is 2.38. The van der Waals surface area contributed by atoms with E-state index in [9.17, 15) is 0 Å². The number of nitrogens with one attached hydrogen (secondary N) is 2. The number of benzene rings is 1. The number of aliphatic imine (C=N–C) groups is 1. The second-order valence-corrected chi connectivity index (χ2v) is 7.43. The molecule has 1 aliphatic carbocycles. The zero-order valence-corrected chi connectivity index (χ0v) is 18.7. The van der Waals surface area contributed by atoms with Gasteiger partial charge in [-0.05, 0) is 44.5 Å². The summed E-state index contributed by atoms with van der Waals surface area (Å²) in [5.41, 5.74) is 0.996. The molecule has 0 radical (unpaired) electrons. The SMILES string of the molecule is CCNC(=NCc1cc(OC)c(OC)c(OC)c1)NCCN(C)C1CCCCC1. The highest BCUT2D eigenvalue weighted by molar-refractivity contribution is 5.79. The molecule has 0 aliphatic heterocycles. The van der Waals surface area contributed by atoms with E-state index >= 15 is 0 Å². The molecule has 0 saturated heterocycles. The van der Waals surface area contributed by atoms with Crippen LogP contribution in [0.1, 0.15) is 44.6 Å². The summed E-state index contributed by atoms with van der Waals surface area (Å²) in [6, 6.07) is 4.60. The van der Waals surface area contributed by atoms with Crippen molar-refractivity contribution < 1.29 is 14.2 Å². The fourth-order valence-electron chi connectivity index (χ4n) is 3.79. The monoisotopic (exact) mass is 406 g/mol. The number of rotatable bonds is 10. The number of methoxy groups -OCH3 is 3. The Hall–Kier alpha value is -2.15. The van der Waals surface area contributed by atoms with Gasteiger partial charge in [0.05, 0.1) is 27.9 Å². The van der Waals surface area contributed by atoms with Crippen molar-refractivity contribution in [3.05, 3.63) is 17.7 Å². The van der Waals surface area contributed by atoms with Gasteiger partial charge in [-0.1, -0.05) is 19.3 Å². The van der Waals surface area contributed by atoms with Crippen LogP contribution in [0.25, 0.3) is 0 Å². The average molecular weight is 407 g/mol. The van der Waals surface area contributed by atoms with Crippen molar-refractivity contribution in [2.24, 2.45) is 4.99 Å². The van der Waals surface area contributed by atoms with Gasteiger partial charge in [-0.3, -0.25) is 0 Å². The zero-order chi connectivity index (χ0) is 21.1. The molecule has 7 heteroatoms. The van der Waals surface area contributed by atoms with Crippen LogP contribution in [-0.2, 0) is 6.54 Å². The molecule has 7 nitrogen and oxygen atoms in total. The Balaban J connectivity index is 1.95. The van der Waals surface area contributed by atoms with Gasteiger partial charge in [-0.15, -0.1) is 0 Å². The number of likely N-dealkylation sites (N-methyl/N-ethyl adjacent to an activating group) is 1. The minimum atomic E-state index is 0.518. The molecule has 0 unspecified atom stereocenters. The van der Waals surface area contributed by atoms with E-state index in [0.717, 1.165) is 37.2 Å². The largest absolute Gasteiger partial charge is 0.493 e. The molecule has 29 heavy (non-hydrogen) atoms. The lowest BCUT2D eigenvalue weighted by Gasteiger charge is -2.31. The number of guanidine groups is 1. The molecule has 0 atom stereocenters. The van der Waals surface area contributed by atoms with E-state index in [2.05, 4.69) is 29.5 Å². The van der Waals surface area contributed by atoms with Crippen LogP contribution in [0.3, 0.4) is 0 Å². The molecule has 0 amide bonds. The van der Waals surface area contributed by atoms with Gasteiger partial charge < -0.3 is 29.7 Å². The molecule has 1 aromatic carbocycles. The van der Waals surface area contributed by atoms with Crippen LogP contribution in [0.15, 0.2) is 17.1 Å². The van der Waals surface area contributed by atoms with E-state index in [4.69, 9.17) is 19.2 Å². The first-order valence-electron chi connectivity index (χ1n) is 10.6. The molecule has 0 heterocycles. The molecule has 1 fully saturated rings. The first-order valence-corrected chi connectivity index (χ1v) is 10.6. The van der Waals surface area contributed by atoms with Crippen molar-refractivity contribution in [1.82, 2.24) is 15.5 Å². The molecular weight excluding hydrogens is 368 g/mol. The maximum Gasteiger partial charge on any atom is 0.203 e. The highest BCUT2D eigenvalue weighted by atomic mass is 16.5. The molecule has 164 valence electrons. The van der Waals surface area contributed by atoms with Crippen LogP contribution < -0.4 is 24.8 Å². The summed E-state index contributed by atoms with van der Waals surface area (Å²) in [4.78, 5) is 7.20. The molecular formula is C22H38N4O3. The third-order valence-electron chi connectivity index (χ3n) is 5.44. The van der Waals surface area contributed by atoms with Crippen molar-refractivity contribution >= 4 is 5.96 Å². The second kappa shape index (κ2) is 12.4. The van der Waals surface area contributed by atoms with Crippen LogP contribution in [0.5, 0.6) is 17.2 Å². The quantitative estimate of drug-likeness (QED) is 0.460. The van der Waals surface area contributed by atoms with Crippen molar-refractivity contribution in [3.8, 4) is 17.2 Å². The Bertz CT molecular complexity index is 620. The number of nitrogens with zero attached hydrogens (tertiary/aromatic N) is 2. The molecule has 1 aliphatic rings. The van der Waals surface area contributed by atoms with Crippen LogP contribution >= 0.6 is 0 Å². The lowest BCUT2D eigenvalue weighted by Crippen LogP contribution is -2.43. The zero-order valence-electron chi connectivity index (χ0n) is 18.7. The maximum absolute atomic E-state index is 5.43. The van der Waals surface area contributed by atoms with E-state index < -0.39 is 0 Å². The summed E-state index contributed by atoms with van der Waals surface area (Å²) in [7, 11) is 7.09. The minimum absolute atomic E-state index is 0.518. The smallest absolute Gasteiger partial charge is 0.203 e. The summed E-state index contributed by atoms with van der Waals surface area (Å²) in [5, 5.41) is 6.77. The molecule has 2 N–H and O–H groups in total. The molecule has 1 aromatic rings. The first-order chi connectivity index (χ1) is 14.1. The number of ether oxygens (including phenoxy) is 3. The molecule has 0 bridgehead atoms. The number of hydrogen-bond donors (Lipinski definition) is 2. The Morgan fingerprint density at radius 3 is 2.24 bits per heavy atom. The Labute approximate surface area is 175 Å². The summed E-state index contributed by atoms with van der Waals surface area (Å²) in [6.45, 7) is 5.29. The van der Waals surface area contributed by atoms with Gasteiger partial charge in [0, 0.05) is 25.7 Å². The van der Waals surface area contributed by atoms with E-state index in [-0.39, 0.29) is 0 Å². The van der Waals surface area contributed by atoms with Crippen LogP contribution in [0.4, 0.5) is 0 Å². The summed E-state index contributed by atoms with van der Waals surface area (Å²) in [5.74, 6) is 2.70. The second-order valence-electron chi connectivity index (χ2n) is 7.43. The van der Waals surface area contributed by atoms with Gasteiger partial charge in [0.25, 0.3) is 0 Å². The topological polar surface area (TPSA) is 67.4 Å². The fourth-order valence-corrected chi connectivity index (χ4v) is 3.79. The van der Waals surface area contributed by atoms with E-state index in [1.807, 2.05) is 12.1 Å². The molecule has 0 spiro atoms. The van der Waals surface area contributed by atoms with Gasteiger partial charge in [-0.25, -0.2) is 4.99 Å². The Kier molecular flexibility index (Phi) is 9.91. The van der Waals surface area contributed by atoms with Crippen molar-refractivity contribution in [1.29, 1.82) is 0 Å². The summed E-state index contributed by atoms with van der Waals surface area (Å²) >= 11 is 0. The van der Waals surface area contributed by atoms with E-state index in [1.165, 1.54) is 32.1 Å². The molecule has 2 rings (SSSR count). The minimum Gasteiger partial charge on any atom is -0.493 e. The normalized spacial score (nSPS) is 15.3. The van der Waals surface area contributed by atoms with Gasteiger partial charge in [0.2, 0.25) is 5.75 Å². The van der Waals surface area contributed by atoms with Crippen molar-refractivity contribution in [2.45, 2.75) is 51.6 Å². The van der Waals surface area contributed by atoms with E-state index in [0.29, 0.717) is 23.8 Å². The number of hydrogen-bond acceptors (Lipinski definition) is 5.